The summed E-state index contributed by atoms with van der Waals surface area (Å²) in [4.78, 5) is 11.8. The number of hydrogen-bond donors (Lipinski definition) is 0. The average molecular weight is 412 g/mol. The zero-order valence-corrected chi connectivity index (χ0v) is 17.7. The number of ether oxygens (including phenoxy) is 2. The molecule has 2 aliphatic heterocycles. The van der Waals surface area contributed by atoms with Crippen molar-refractivity contribution in [3.8, 4) is 0 Å². The van der Waals surface area contributed by atoms with Gasteiger partial charge in [0, 0.05) is 52.1 Å². The van der Waals surface area contributed by atoms with Gasteiger partial charge in [0.25, 0.3) is 5.89 Å². The van der Waals surface area contributed by atoms with Crippen LogP contribution in [-0.4, -0.2) is 57.8 Å². The molecule has 2 aliphatic rings. The summed E-state index contributed by atoms with van der Waals surface area (Å²) in [6, 6.07) is 4.23. The lowest BCUT2D eigenvalue weighted by molar-refractivity contribution is -0.0840. The molecular weight excluding hydrogens is 382 g/mol. The molecule has 5 heterocycles. The van der Waals surface area contributed by atoms with Crippen LogP contribution in [0.3, 0.4) is 0 Å². The van der Waals surface area contributed by atoms with Gasteiger partial charge in [-0.2, -0.15) is 4.98 Å². The van der Waals surface area contributed by atoms with E-state index < -0.39 is 5.60 Å². The number of methoxy groups -OCH3 is 1. The molecule has 30 heavy (non-hydrogen) atoms. The predicted molar refractivity (Wildman–Crippen MR) is 110 cm³/mol. The lowest BCUT2D eigenvalue weighted by atomic mass is 9.90. The number of hydrogen-bond acceptors (Lipinski definition) is 7. The van der Waals surface area contributed by atoms with Crippen LogP contribution < -0.4 is 0 Å². The third-order valence-corrected chi connectivity index (χ3v) is 6.60. The molecule has 160 valence electrons. The third kappa shape index (κ3) is 3.64. The van der Waals surface area contributed by atoms with Gasteiger partial charge in [0.1, 0.15) is 11.2 Å². The van der Waals surface area contributed by atoms with Gasteiger partial charge >= 0.3 is 0 Å². The Labute approximate surface area is 176 Å². The highest BCUT2D eigenvalue weighted by atomic mass is 16.5. The Kier molecular flexibility index (Phi) is 5.30. The maximum Gasteiger partial charge on any atom is 0.258 e. The van der Waals surface area contributed by atoms with Crippen molar-refractivity contribution >= 4 is 5.65 Å². The van der Waals surface area contributed by atoms with Crippen molar-refractivity contribution in [3.63, 3.8) is 0 Å². The molecule has 0 amide bonds. The van der Waals surface area contributed by atoms with Crippen LogP contribution in [0.5, 0.6) is 0 Å². The fourth-order valence-corrected chi connectivity index (χ4v) is 4.60. The molecule has 0 bridgehead atoms. The van der Waals surface area contributed by atoms with E-state index in [1.807, 2.05) is 6.20 Å². The second kappa shape index (κ2) is 8.09. The van der Waals surface area contributed by atoms with E-state index in [4.69, 9.17) is 19.0 Å². The van der Waals surface area contributed by atoms with E-state index in [0.717, 1.165) is 70.0 Å². The highest BCUT2D eigenvalue weighted by Gasteiger charge is 2.42. The summed E-state index contributed by atoms with van der Waals surface area (Å²) in [5.41, 5.74) is 2.93. The molecule has 8 nitrogen and oxygen atoms in total. The van der Waals surface area contributed by atoms with Crippen molar-refractivity contribution in [2.45, 2.75) is 50.7 Å². The molecule has 0 saturated carbocycles. The molecule has 0 atom stereocenters. The number of nitrogens with zero attached hydrogens (tertiary/aromatic N) is 5. The summed E-state index contributed by atoms with van der Waals surface area (Å²) in [7, 11) is 1.75. The SMILES string of the molecule is COC1(c2nc(C3CCOCC3)no2)CCN(Cc2cnc3cc(C)ccn23)CC1. The summed E-state index contributed by atoms with van der Waals surface area (Å²) in [6.07, 6.45) is 7.64. The van der Waals surface area contributed by atoms with Gasteiger partial charge in [-0.1, -0.05) is 5.16 Å². The second-order valence-electron chi connectivity index (χ2n) is 8.50. The van der Waals surface area contributed by atoms with Crippen LogP contribution in [0.1, 0.15) is 54.6 Å². The van der Waals surface area contributed by atoms with Crippen molar-refractivity contribution in [1.82, 2.24) is 24.4 Å². The van der Waals surface area contributed by atoms with E-state index in [1.54, 1.807) is 7.11 Å². The van der Waals surface area contributed by atoms with E-state index in [9.17, 15) is 0 Å². The molecule has 8 heteroatoms. The maximum atomic E-state index is 5.97. The van der Waals surface area contributed by atoms with Gasteiger partial charge in [-0.25, -0.2) is 4.98 Å². The fraction of sp³-hybridized carbons (Fsp3) is 0.591. The molecule has 0 spiro atoms. The lowest BCUT2D eigenvalue weighted by Crippen LogP contribution is -2.43. The minimum atomic E-state index is -0.497. The first-order valence-electron chi connectivity index (χ1n) is 10.8. The van der Waals surface area contributed by atoms with Crippen LogP contribution in [0.2, 0.25) is 0 Å². The number of piperidine rings is 1. The number of fused-ring (bicyclic) bond motifs is 1. The van der Waals surface area contributed by atoms with Gasteiger partial charge in [0.05, 0.1) is 11.9 Å². The predicted octanol–water partition coefficient (Wildman–Crippen LogP) is 3.06. The molecule has 5 rings (SSSR count). The molecular formula is C22H29N5O3. The molecule has 0 aromatic carbocycles. The topological polar surface area (TPSA) is 77.9 Å². The highest BCUT2D eigenvalue weighted by molar-refractivity contribution is 5.42. The van der Waals surface area contributed by atoms with Crippen LogP contribution in [0, 0.1) is 6.92 Å². The molecule has 2 saturated heterocycles. The highest BCUT2D eigenvalue weighted by Crippen LogP contribution is 2.37. The van der Waals surface area contributed by atoms with Gasteiger partial charge in [-0.3, -0.25) is 4.90 Å². The van der Waals surface area contributed by atoms with E-state index in [-0.39, 0.29) is 0 Å². The molecule has 0 N–H and O–H groups in total. The molecule has 0 aliphatic carbocycles. The number of aromatic nitrogens is 4. The standard InChI is InChI=1S/C22H29N5O3/c1-16-3-8-27-18(14-23-19(27)13-16)15-26-9-6-22(28-2,7-10-26)21-24-20(25-30-21)17-4-11-29-12-5-17/h3,8,13-14,17H,4-7,9-12,15H2,1-2H3. The zero-order chi connectivity index (χ0) is 20.6. The zero-order valence-electron chi connectivity index (χ0n) is 17.7. The Hall–Kier alpha value is -2.29. The Bertz CT molecular complexity index is 999. The number of pyridine rings is 1. The Morgan fingerprint density at radius 3 is 2.80 bits per heavy atom. The third-order valence-electron chi connectivity index (χ3n) is 6.60. The first-order valence-corrected chi connectivity index (χ1v) is 10.8. The van der Waals surface area contributed by atoms with Crippen LogP contribution in [0.25, 0.3) is 5.65 Å². The van der Waals surface area contributed by atoms with E-state index >= 15 is 0 Å². The first-order chi connectivity index (χ1) is 14.7. The molecule has 0 radical (unpaired) electrons. The van der Waals surface area contributed by atoms with Crippen LogP contribution >= 0.6 is 0 Å². The summed E-state index contributed by atoms with van der Waals surface area (Å²) in [5, 5.41) is 4.28. The summed E-state index contributed by atoms with van der Waals surface area (Å²) in [5.74, 6) is 1.74. The second-order valence-corrected chi connectivity index (χ2v) is 8.50. The van der Waals surface area contributed by atoms with Gasteiger partial charge < -0.3 is 18.4 Å². The van der Waals surface area contributed by atoms with E-state index in [2.05, 4.69) is 44.7 Å². The smallest absolute Gasteiger partial charge is 0.258 e. The van der Waals surface area contributed by atoms with Crippen molar-refractivity contribution in [3.05, 3.63) is 47.5 Å². The molecule has 2 fully saturated rings. The minimum Gasteiger partial charge on any atom is -0.381 e. The van der Waals surface area contributed by atoms with Crippen LogP contribution in [-0.2, 0) is 21.6 Å². The Balaban J connectivity index is 1.27. The monoisotopic (exact) mass is 411 g/mol. The van der Waals surface area contributed by atoms with Crippen molar-refractivity contribution < 1.29 is 14.0 Å². The van der Waals surface area contributed by atoms with Crippen molar-refractivity contribution in [2.75, 3.05) is 33.4 Å². The Morgan fingerprint density at radius 2 is 2.03 bits per heavy atom. The van der Waals surface area contributed by atoms with Crippen LogP contribution in [0.15, 0.2) is 29.0 Å². The minimum absolute atomic E-state index is 0.323. The Morgan fingerprint density at radius 1 is 1.23 bits per heavy atom. The maximum absolute atomic E-state index is 5.97. The average Bonchev–Trinajstić information content (AvgIpc) is 3.43. The van der Waals surface area contributed by atoms with Crippen LogP contribution in [0.4, 0.5) is 0 Å². The first kappa shape index (κ1) is 19.7. The van der Waals surface area contributed by atoms with E-state index in [0.29, 0.717) is 11.8 Å². The molecule has 3 aromatic rings. The van der Waals surface area contributed by atoms with Gasteiger partial charge in [0.15, 0.2) is 5.82 Å². The summed E-state index contributed by atoms with van der Waals surface area (Å²) >= 11 is 0. The fourth-order valence-electron chi connectivity index (χ4n) is 4.60. The largest absolute Gasteiger partial charge is 0.381 e. The molecule has 3 aromatic heterocycles. The number of rotatable bonds is 5. The van der Waals surface area contributed by atoms with Gasteiger partial charge in [-0.05, 0) is 50.3 Å². The summed E-state index contributed by atoms with van der Waals surface area (Å²) in [6.45, 7) is 6.29. The van der Waals surface area contributed by atoms with Gasteiger partial charge in [0.2, 0.25) is 0 Å². The van der Waals surface area contributed by atoms with Crippen molar-refractivity contribution in [2.24, 2.45) is 0 Å². The lowest BCUT2D eigenvalue weighted by Gasteiger charge is -2.38. The van der Waals surface area contributed by atoms with Gasteiger partial charge in [-0.15, -0.1) is 0 Å². The number of likely N-dealkylation sites (tertiary alicyclic amines) is 1. The summed E-state index contributed by atoms with van der Waals surface area (Å²) < 4.78 is 19.3. The van der Waals surface area contributed by atoms with E-state index in [1.165, 1.54) is 11.3 Å². The normalized spacial score (nSPS) is 20.7. The number of aryl methyl sites for hydroxylation is 1. The quantitative estimate of drug-likeness (QED) is 0.638. The van der Waals surface area contributed by atoms with Crippen molar-refractivity contribution in [1.29, 1.82) is 0 Å². The molecule has 0 unspecified atom stereocenters. The number of imidazole rings is 1.